The molecule has 0 aliphatic heterocycles. The number of nitrogens with zero attached hydrogens (tertiary/aromatic N) is 1. The van der Waals surface area contributed by atoms with Crippen molar-refractivity contribution < 1.29 is 14.3 Å². The fourth-order valence-electron chi connectivity index (χ4n) is 2.64. The standard InChI is InChI=1S/C22H25BrCl2N2O3/c1-14(2)11-26-22(29)15(3)27(12-16-4-6-17(23)7-5-16)21(28)13-30-20-9-8-18(24)10-19(20)25/h4-10,14-15H,11-13H2,1-3H3,(H,26,29)/t15-/m0/s1. The highest BCUT2D eigenvalue weighted by Gasteiger charge is 2.26. The van der Waals surface area contributed by atoms with E-state index in [0.29, 0.717) is 28.3 Å². The molecule has 1 N–H and O–H groups in total. The van der Waals surface area contributed by atoms with Gasteiger partial charge >= 0.3 is 0 Å². The van der Waals surface area contributed by atoms with E-state index in [0.717, 1.165) is 10.0 Å². The number of hydrogen-bond acceptors (Lipinski definition) is 3. The van der Waals surface area contributed by atoms with Crippen LogP contribution >= 0.6 is 39.1 Å². The topological polar surface area (TPSA) is 58.6 Å². The number of carbonyl (C=O) groups is 2. The lowest BCUT2D eigenvalue weighted by Gasteiger charge is -2.29. The van der Waals surface area contributed by atoms with Gasteiger partial charge in [-0.2, -0.15) is 0 Å². The molecule has 2 amide bonds. The van der Waals surface area contributed by atoms with Crippen LogP contribution < -0.4 is 10.1 Å². The summed E-state index contributed by atoms with van der Waals surface area (Å²) >= 11 is 15.4. The molecule has 0 unspecified atom stereocenters. The quantitative estimate of drug-likeness (QED) is 0.491. The maximum Gasteiger partial charge on any atom is 0.261 e. The summed E-state index contributed by atoms with van der Waals surface area (Å²) in [6.45, 7) is 6.31. The van der Waals surface area contributed by atoms with Crippen molar-refractivity contribution in [2.75, 3.05) is 13.2 Å². The minimum Gasteiger partial charge on any atom is -0.482 e. The summed E-state index contributed by atoms with van der Waals surface area (Å²) < 4.78 is 6.54. The minimum atomic E-state index is -0.663. The Bertz CT molecular complexity index is 875. The van der Waals surface area contributed by atoms with Gasteiger partial charge in [0.15, 0.2) is 6.61 Å². The highest BCUT2D eigenvalue weighted by atomic mass is 79.9. The Morgan fingerprint density at radius 1 is 1.10 bits per heavy atom. The first-order valence-electron chi connectivity index (χ1n) is 9.57. The third kappa shape index (κ3) is 7.49. The molecule has 0 spiro atoms. The number of ether oxygens (including phenoxy) is 1. The van der Waals surface area contributed by atoms with Crippen molar-refractivity contribution in [1.29, 1.82) is 0 Å². The van der Waals surface area contributed by atoms with Crippen LogP contribution in [0.15, 0.2) is 46.9 Å². The van der Waals surface area contributed by atoms with Crippen molar-refractivity contribution >= 4 is 50.9 Å². The number of nitrogens with one attached hydrogen (secondary N) is 1. The van der Waals surface area contributed by atoms with Crippen molar-refractivity contribution in [2.24, 2.45) is 5.92 Å². The van der Waals surface area contributed by atoms with Crippen LogP contribution in [0.5, 0.6) is 5.75 Å². The molecule has 0 saturated heterocycles. The Balaban J connectivity index is 2.14. The summed E-state index contributed by atoms with van der Waals surface area (Å²) in [7, 11) is 0. The number of benzene rings is 2. The molecular weight excluding hydrogens is 491 g/mol. The molecule has 0 fully saturated rings. The predicted molar refractivity (Wildman–Crippen MR) is 124 cm³/mol. The van der Waals surface area contributed by atoms with E-state index >= 15 is 0 Å². The van der Waals surface area contributed by atoms with E-state index < -0.39 is 6.04 Å². The Morgan fingerprint density at radius 2 is 1.77 bits per heavy atom. The molecule has 0 saturated carbocycles. The normalized spacial score (nSPS) is 11.8. The van der Waals surface area contributed by atoms with Gasteiger partial charge in [0.05, 0.1) is 5.02 Å². The van der Waals surface area contributed by atoms with Crippen molar-refractivity contribution in [3.8, 4) is 5.75 Å². The number of hydrogen-bond donors (Lipinski definition) is 1. The third-order valence-electron chi connectivity index (χ3n) is 4.36. The molecule has 162 valence electrons. The van der Waals surface area contributed by atoms with Gasteiger partial charge in [-0.1, -0.05) is 65.1 Å². The number of carbonyl (C=O) groups excluding carboxylic acids is 2. The molecule has 2 aromatic carbocycles. The fraction of sp³-hybridized carbons (Fsp3) is 0.364. The van der Waals surface area contributed by atoms with E-state index in [2.05, 4.69) is 21.2 Å². The monoisotopic (exact) mass is 514 g/mol. The first kappa shape index (κ1) is 24.5. The van der Waals surface area contributed by atoms with Crippen LogP contribution in [0.4, 0.5) is 0 Å². The first-order chi connectivity index (χ1) is 14.2. The minimum absolute atomic E-state index is 0.210. The Labute approximate surface area is 195 Å². The zero-order valence-corrected chi connectivity index (χ0v) is 20.2. The van der Waals surface area contributed by atoms with E-state index in [1.54, 1.807) is 25.1 Å². The maximum absolute atomic E-state index is 13.0. The molecule has 0 heterocycles. The lowest BCUT2D eigenvalue weighted by Crippen LogP contribution is -2.49. The van der Waals surface area contributed by atoms with Crippen molar-refractivity contribution in [2.45, 2.75) is 33.4 Å². The molecule has 1 atom stereocenters. The maximum atomic E-state index is 13.0. The lowest BCUT2D eigenvalue weighted by molar-refractivity contribution is -0.142. The zero-order chi connectivity index (χ0) is 22.3. The molecule has 5 nitrogen and oxygen atoms in total. The van der Waals surface area contributed by atoms with Crippen LogP contribution in [0.3, 0.4) is 0 Å². The van der Waals surface area contributed by atoms with E-state index in [9.17, 15) is 9.59 Å². The summed E-state index contributed by atoms with van der Waals surface area (Å²) in [5.74, 6) is 0.136. The number of amides is 2. The van der Waals surface area contributed by atoms with Crippen LogP contribution in [0.1, 0.15) is 26.3 Å². The third-order valence-corrected chi connectivity index (χ3v) is 5.42. The Morgan fingerprint density at radius 3 is 2.37 bits per heavy atom. The van der Waals surface area contributed by atoms with Gasteiger partial charge in [-0.15, -0.1) is 0 Å². The molecular formula is C22H25BrCl2N2O3. The molecule has 0 aromatic heterocycles. The average Bonchev–Trinajstić information content (AvgIpc) is 2.70. The average molecular weight is 516 g/mol. The van der Waals surface area contributed by atoms with Gasteiger partial charge in [0, 0.05) is 22.6 Å². The van der Waals surface area contributed by atoms with Gasteiger partial charge in [-0.05, 0) is 48.7 Å². The molecule has 0 radical (unpaired) electrons. The molecule has 8 heteroatoms. The van der Waals surface area contributed by atoms with Crippen LogP contribution in [0, 0.1) is 5.92 Å². The van der Waals surface area contributed by atoms with Gasteiger partial charge < -0.3 is 15.0 Å². The predicted octanol–water partition coefficient (Wildman–Crippen LogP) is 5.32. The van der Waals surface area contributed by atoms with E-state index in [-0.39, 0.29) is 25.0 Å². The number of halogens is 3. The zero-order valence-electron chi connectivity index (χ0n) is 17.1. The molecule has 2 aromatic rings. The van der Waals surface area contributed by atoms with Gasteiger partial charge in [0.1, 0.15) is 11.8 Å². The second-order valence-corrected chi connectivity index (χ2v) is 9.09. The van der Waals surface area contributed by atoms with Crippen LogP contribution in [-0.4, -0.2) is 35.9 Å². The molecule has 0 aliphatic carbocycles. The second kappa shape index (κ2) is 11.6. The molecule has 2 rings (SSSR count). The van der Waals surface area contributed by atoms with Crippen molar-refractivity contribution in [1.82, 2.24) is 10.2 Å². The molecule has 30 heavy (non-hydrogen) atoms. The summed E-state index contributed by atoms with van der Waals surface area (Å²) in [5.41, 5.74) is 0.902. The Kier molecular flexibility index (Phi) is 9.46. The SMILES string of the molecule is CC(C)CNC(=O)[C@H](C)N(Cc1ccc(Br)cc1)C(=O)COc1ccc(Cl)cc1Cl. The summed E-state index contributed by atoms with van der Waals surface area (Å²) in [6.07, 6.45) is 0. The highest BCUT2D eigenvalue weighted by molar-refractivity contribution is 9.10. The smallest absolute Gasteiger partial charge is 0.261 e. The second-order valence-electron chi connectivity index (χ2n) is 7.33. The van der Waals surface area contributed by atoms with E-state index in [1.165, 1.54) is 4.90 Å². The van der Waals surface area contributed by atoms with Gasteiger partial charge in [0.2, 0.25) is 5.91 Å². The molecule has 0 aliphatic rings. The van der Waals surface area contributed by atoms with Crippen LogP contribution in [0.2, 0.25) is 10.0 Å². The highest BCUT2D eigenvalue weighted by Crippen LogP contribution is 2.27. The first-order valence-corrected chi connectivity index (χ1v) is 11.1. The van der Waals surface area contributed by atoms with Gasteiger partial charge in [0.25, 0.3) is 5.91 Å². The summed E-state index contributed by atoms with van der Waals surface area (Å²) in [4.78, 5) is 27.1. The fourth-order valence-corrected chi connectivity index (χ4v) is 3.36. The van der Waals surface area contributed by atoms with E-state index in [1.807, 2.05) is 38.1 Å². The van der Waals surface area contributed by atoms with Crippen LogP contribution in [-0.2, 0) is 16.1 Å². The van der Waals surface area contributed by atoms with Crippen molar-refractivity contribution in [3.05, 3.63) is 62.5 Å². The Hall–Kier alpha value is -1.76. The number of rotatable bonds is 9. The van der Waals surface area contributed by atoms with Gasteiger partial charge in [-0.25, -0.2) is 0 Å². The van der Waals surface area contributed by atoms with Crippen molar-refractivity contribution in [3.63, 3.8) is 0 Å². The summed E-state index contributed by atoms with van der Waals surface area (Å²) in [6, 6.07) is 11.7. The molecule has 0 bridgehead atoms. The van der Waals surface area contributed by atoms with Crippen LogP contribution in [0.25, 0.3) is 0 Å². The largest absolute Gasteiger partial charge is 0.482 e. The van der Waals surface area contributed by atoms with E-state index in [4.69, 9.17) is 27.9 Å². The summed E-state index contributed by atoms with van der Waals surface area (Å²) in [5, 5.41) is 3.68. The van der Waals surface area contributed by atoms with Gasteiger partial charge in [-0.3, -0.25) is 9.59 Å². The lowest BCUT2D eigenvalue weighted by atomic mass is 10.1.